The van der Waals surface area contributed by atoms with Crippen LogP contribution in [0.4, 0.5) is 11.4 Å². The normalized spacial score (nSPS) is 11.4. The number of ether oxygens (including phenoxy) is 1. The Labute approximate surface area is 145 Å². The van der Waals surface area contributed by atoms with E-state index in [1.54, 1.807) is 7.11 Å². The lowest BCUT2D eigenvalue weighted by Gasteiger charge is -2.07. The Hall–Kier alpha value is -3.40. The molecular formula is C21H17N3O. The predicted octanol–water partition coefficient (Wildman–Crippen LogP) is 4.73. The van der Waals surface area contributed by atoms with Gasteiger partial charge in [0.05, 0.1) is 29.5 Å². The van der Waals surface area contributed by atoms with Crippen molar-refractivity contribution in [1.29, 1.82) is 0 Å². The third-order valence-electron chi connectivity index (χ3n) is 4.19. The standard InChI is InChI=1S/C21H17N3O/c1-25-16-9-6-14(7-10-16)13-23-15-8-11-18-20(12-15)24-19-5-3-2-4-17(19)21(18)22/h2-13H,1H3,(H2,22,24). The van der Waals surface area contributed by atoms with Crippen molar-refractivity contribution in [2.24, 2.45) is 4.99 Å². The molecule has 0 bridgehead atoms. The minimum absolute atomic E-state index is 0.756. The fraction of sp³-hybridized carbons (Fsp3) is 0.0476. The predicted molar refractivity (Wildman–Crippen MR) is 104 cm³/mol. The maximum atomic E-state index is 6.31. The smallest absolute Gasteiger partial charge is 0.118 e. The lowest BCUT2D eigenvalue weighted by Crippen LogP contribution is -1.92. The van der Waals surface area contributed by atoms with Crippen LogP contribution in [0.5, 0.6) is 5.75 Å². The molecule has 0 spiro atoms. The number of nitrogen functional groups attached to an aromatic ring is 1. The number of aromatic nitrogens is 1. The van der Waals surface area contributed by atoms with Crippen LogP contribution < -0.4 is 10.5 Å². The maximum absolute atomic E-state index is 6.31. The Bertz CT molecular complexity index is 1090. The lowest BCUT2D eigenvalue weighted by molar-refractivity contribution is 0.415. The number of nitrogens with zero attached hydrogens (tertiary/aromatic N) is 2. The average Bonchev–Trinajstić information content (AvgIpc) is 2.67. The second-order valence-corrected chi connectivity index (χ2v) is 5.78. The zero-order valence-electron chi connectivity index (χ0n) is 13.8. The molecule has 3 aromatic carbocycles. The van der Waals surface area contributed by atoms with Crippen LogP contribution in [0.3, 0.4) is 0 Å². The van der Waals surface area contributed by atoms with Crippen molar-refractivity contribution in [3.8, 4) is 5.75 Å². The van der Waals surface area contributed by atoms with Crippen LogP contribution in [0.25, 0.3) is 21.8 Å². The molecule has 0 unspecified atom stereocenters. The highest BCUT2D eigenvalue weighted by Gasteiger charge is 2.06. The van der Waals surface area contributed by atoms with Crippen LogP contribution in [0.1, 0.15) is 5.56 Å². The summed E-state index contributed by atoms with van der Waals surface area (Å²) in [7, 11) is 1.65. The van der Waals surface area contributed by atoms with E-state index in [9.17, 15) is 0 Å². The monoisotopic (exact) mass is 327 g/mol. The van der Waals surface area contributed by atoms with E-state index in [-0.39, 0.29) is 0 Å². The molecule has 25 heavy (non-hydrogen) atoms. The van der Waals surface area contributed by atoms with E-state index >= 15 is 0 Å². The topological polar surface area (TPSA) is 60.5 Å². The molecule has 0 saturated carbocycles. The van der Waals surface area contributed by atoms with E-state index in [0.29, 0.717) is 0 Å². The second kappa shape index (κ2) is 6.24. The molecule has 1 heterocycles. The van der Waals surface area contributed by atoms with Gasteiger partial charge in [-0.1, -0.05) is 18.2 Å². The van der Waals surface area contributed by atoms with Crippen LogP contribution in [0.15, 0.2) is 71.7 Å². The Balaban J connectivity index is 1.72. The highest BCUT2D eigenvalue weighted by molar-refractivity contribution is 6.06. The largest absolute Gasteiger partial charge is 0.497 e. The van der Waals surface area contributed by atoms with Gasteiger partial charge in [0.25, 0.3) is 0 Å². The molecule has 0 aliphatic carbocycles. The number of hydrogen-bond donors (Lipinski definition) is 1. The minimum Gasteiger partial charge on any atom is -0.497 e. The van der Waals surface area contributed by atoms with E-state index in [1.807, 2.05) is 72.9 Å². The van der Waals surface area contributed by atoms with Crippen molar-refractivity contribution in [3.05, 3.63) is 72.3 Å². The van der Waals surface area contributed by atoms with Gasteiger partial charge in [0.1, 0.15) is 5.75 Å². The van der Waals surface area contributed by atoms with E-state index < -0.39 is 0 Å². The Morgan fingerprint density at radius 1 is 0.920 bits per heavy atom. The molecule has 4 nitrogen and oxygen atoms in total. The van der Waals surface area contributed by atoms with Crippen molar-refractivity contribution in [2.45, 2.75) is 0 Å². The number of methoxy groups -OCH3 is 1. The maximum Gasteiger partial charge on any atom is 0.118 e. The molecule has 2 N–H and O–H groups in total. The molecule has 1 aromatic heterocycles. The third-order valence-corrected chi connectivity index (χ3v) is 4.19. The lowest BCUT2D eigenvalue weighted by atomic mass is 10.1. The fourth-order valence-corrected chi connectivity index (χ4v) is 2.83. The minimum atomic E-state index is 0.756. The first kappa shape index (κ1) is 15.1. The van der Waals surface area contributed by atoms with Gasteiger partial charge in [-0.05, 0) is 54.1 Å². The Morgan fingerprint density at radius 3 is 2.48 bits per heavy atom. The SMILES string of the molecule is COc1ccc(C=Nc2ccc3c(N)c4ccccc4nc3c2)cc1. The van der Waals surface area contributed by atoms with Gasteiger partial charge in [-0.25, -0.2) is 4.98 Å². The third kappa shape index (κ3) is 2.90. The summed E-state index contributed by atoms with van der Waals surface area (Å²) in [6.45, 7) is 0. The van der Waals surface area contributed by atoms with E-state index in [2.05, 4.69) is 4.99 Å². The molecular weight excluding hydrogens is 310 g/mol. The Morgan fingerprint density at radius 2 is 1.68 bits per heavy atom. The van der Waals surface area contributed by atoms with E-state index in [1.165, 1.54) is 0 Å². The molecule has 0 atom stereocenters. The van der Waals surface area contributed by atoms with Gasteiger partial charge in [0, 0.05) is 17.0 Å². The van der Waals surface area contributed by atoms with Crippen molar-refractivity contribution in [1.82, 2.24) is 4.98 Å². The van der Waals surface area contributed by atoms with Gasteiger partial charge in [0.2, 0.25) is 0 Å². The molecule has 0 aliphatic heterocycles. The summed E-state index contributed by atoms with van der Waals surface area (Å²) in [6, 6.07) is 21.5. The van der Waals surface area contributed by atoms with Crippen molar-refractivity contribution >= 4 is 39.4 Å². The summed E-state index contributed by atoms with van der Waals surface area (Å²) < 4.78 is 5.16. The number of anilines is 1. The van der Waals surface area contributed by atoms with E-state index in [4.69, 9.17) is 15.5 Å². The van der Waals surface area contributed by atoms with Crippen molar-refractivity contribution < 1.29 is 4.74 Å². The molecule has 4 heteroatoms. The number of pyridine rings is 1. The summed E-state index contributed by atoms with van der Waals surface area (Å²) in [6.07, 6.45) is 1.82. The van der Waals surface area contributed by atoms with Gasteiger partial charge < -0.3 is 10.5 Å². The number of fused-ring (bicyclic) bond motifs is 2. The average molecular weight is 327 g/mol. The molecule has 0 radical (unpaired) electrons. The quantitative estimate of drug-likeness (QED) is 0.437. The van der Waals surface area contributed by atoms with Crippen molar-refractivity contribution in [3.63, 3.8) is 0 Å². The van der Waals surface area contributed by atoms with Gasteiger partial charge in [0.15, 0.2) is 0 Å². The number of rotatable bonds is 3. The van der Waals surface area contributed by atoms with Crippen molar-refractivity contribution in [2.75, 3.05) is 12.8 Å². The van der Waals surface area contributed by atoms with Crippen LogP contribution in [-0.4, -0.2) is 18.3 Å². The van der Waals surface area contributed by atoms with Gasteiger partial charge in [-0.2, -0.15) is 0 Å². The summed E-state index contributed by atoms with van der Waals surface area (Å²) in [5, 5.41) is 1.92. The first-order valence-corrected chi connectivity index (χ1v) is 8.01. The van der Waals surface area contributed by atoms with Crippen LogP contribution in [0.2, 0.25) is 0 Å². The number of aliphatic imine (C=N–C) groups is 1. The summed E-state index contributed by atoms with van der Waals surface area (Å²) in [4.78, 5) is 9.25. The molecule has 0 aliphatic rings. The first-order chi connectivity index (χ1) is 12.2. The molecule has 0 saturated heterocycles. The molecule has 122 valence electrons. The molecule has 4 rings (SSSR count). The summed E-state index contributed by atoms with van der Waals surface area (Å²) in [5.41, 5.74) is 10.6. The zero-order chi connectivity index (χ0) is 17.2. The van der Waals surface area contributed by atoms with Crippen LogP contribution in [0, 0.1) is 0 Å². The van der Waals surface area contributed by atoms with Gasteiger partial charge in [-0.15, -0.1) is 0 Å². The molecule has 0 fully saturated rings. The van der Waals surface area contributed by atoms with Crippen LogP contribution in [-0.2, 0) is 0 Å². The van der Waals surface area contributed by atoms with Gasteiger partial charge in [-0.3, -0.25) is 4.99 Å². The molecule has 0 amide bonds. The fourth-order valence-electron chi connectivity index (χ4n) is 2.83. The number of benzene rings is 3. The number of hydrogen-bond acceptors (Lipinski definition) is 4. The summed E-state index contributed by atoms with van der Waals surface area (Å²) in [5.74, 6) is 0.828. The summed E-state index contributed by atoms with van der Waals surface area (Å²) >= 11 is 0. The Kier molecular flexibility index (Phi) is 3.78. The number of para-hydroxylation sites is 1. The highest BCUT2D eigenvalue weighted by atomic mass is 16.5. The second-order valence-electron chi connectivity index (χ2n) is 5.78. The van der Waals surface area contributed by atoms with Gasteiger partial charge >= 0.3 is 0 Å². The highest BCUT2D eigenvalue weighted by Crippen LogP contribution is 2.30. The van der Waals surface area contributed by atoms with Crippen LogP contribution >= 0.6 is 0 Å². The zero-order valence-corrected chi connectivity index (χ0v) is 13.8. The number of nitrogens with two attached hydrogens (primary N) is 1. The molecule has 4 aromatic rings. The first-order valence-electron chi connectivity index (χ1n) is 8.01. The van der Waals surface area contributed by atoms with E-state index in [0.717, 1.165) is 44.5 Å².